The second-order valence-corrected chi connectivity index (χ2v) is 4.94. The maximum Gasteiger partial charge on any atom is 0.118 e. The molecular formula is C20H22O. The quantitative estimate of drug-likeness (QED) is 0.642. The minimum atomic E-state index is 0.886. The van der Waals surface area contributed by atoms with E-state index in [-0.39, 0.29) is 0 Å². The van der Waals surface area contributed by atoms with Gasteiger partial charge in [-0.25, -0.2) is 0 Å². The van der Waals surface area contributed by atoms with Crippen LogP contribution >= 0.6 is 0 Å². The van der Waals surface area contributed by atoms with Gasteiger partial charge in [0.1, 0.15) is 5.75 Å². The second kappa shape index (κ2) is 7.49. The van der Waals surface area contributed by atoms with Crippen molar-refractivity contribution in [1.82, 2.24) is 0 Å². The molecule has 2 aromatic rings. The van der Waals surface area contributed by atoms with E-state index >= 15 is 0 Å². The molecule has 0 bridgehead atoms. The van der Waals surface area contributed by atoms with E-state index in [1.165, 1.54) is 22.3 Å². The van der Waals surface area contributed by atoms with Crippen molar-refractivity contribution in [3.63, 3.8) is 0 Å². The average Bonchev–Trinajstić information content (AvgIpc) is 2.53. The first-order valence-electron chi connectivity index (χ1n) is 7.33. The van der Waals surface area contributed by atoms with Crippen molar-refractivity contribution >= 4 is 6.08 Å². The summed E-state index contributed by atoms with van der Waals surface area (Å²) in [7, 11) is 1.69. The first-order chi connectivity index (χ1) is 10.3. The summed E-state index contributed by atoms with van der Waals surface area (Å²) in [4.78, 5) is 0. The van der Waals surface area contributed by atoms with E-state index in [1.54, 1.807) is 7.11 Å². The topological polar surface area (TPSA) is 9.23 Å². The molecule has 0 aliphatic carbocycles. The van der Waals surface area contributed by atoms with Gasteiger partial charge >= 0.3 is 0 Å². The van der Waals surface area contributed by atoms with E-state index < -0.39 is 0 Å². The van der Waals surface area contributed by atoms with Crippen LogP contribution in [-0.4, -0.2) is 7.11 Å². The average molecular weight is 278 g/mol. The summed E-state index contributed by atoms with van der Waals surface area (Å²) in [5.41, 5.74) is 5.03. The van der Waals surface area contributed by atoms with Gasteiger partial charge in [0.2, 0.25) is 0 Å². The third-order valence-corrected chi connectivity index (χ3v) is 3.54. The summed E-state index contributed by atoms with van der Waals surface area (Å²) < 4.78 is 5.22. The second-order valence-electron chi connectivity index (χ2n) is 4.94. The number of benzene rings is 2. The maximum atomic E-state index is 5.22. The molecule has 0 aliphatic heterocycles. The van der Waals surface area contributed by atoms with Crippen molar-refractivity contribution in [1.29, 1.82) is 0 Å². The van der Waals surface area contributed by atoms with Gasteiger partial charge in [0.05, 0.1) is 7.11 Å². The molecule has 0 amide bonds. The standard InChI is InChI=1S/C20H22O/c1-4-5-6-7-9-17-10-8-11-20(16(17)2)18-12-14-19(21-3)15-13-18/h5-15H,4H2,1-3H3/b6-5+,9-7+. The van der Waals surface area contributed by atoms with Gasteiger partial charge < -0.3 is 4.74 Å². The number of hydrogen-bond donors (Lipinski definition) is 0. The van der Waals surface area contributed by atoms with Crippen molar-refractivity contribution in [2.45, 2.75) is 20.3 Å². The van der Waals surface area contributed by atoms with E-state index in [1.807, 2.05) is 12.1 Å². The fourth-order valence-electron chi connectivity index (χ4n) is 2.29. The molecule has 0 radical (unpaired) electrons. The summed E-state index contributed by atoms with van der Waals surface area (Å²) in [6, 6.07) is 14.6. The predicted octanol–water partition coefficient (Wildman–Crippen LogP) is 5.65. The van der Waals surface area contributed by atoms with Gasteiger partial charge in [-0.3, -0.25) is 0 Å². The Bertz CT molecular complexity index is 633. The van der Waals surface area contributed by atoms with E-state index in [0.717, 1.165) is 12.2 Å². The molecule has 0 heterocycles. The molecule has 0 spiro atoms. The number of hydrogen-bond acceptors (Lipinski definition) is 1. The van der Waals surface area contributed by atoms with Gasteiger partial charge in [-0.15, -0.1) is 0 Å². The highest BCUT2D eigenvalue weighted by atomic mass is 16.5. The molecule has 0 unspecified atom stereocenters. The number of methoxy groups -OCH3 is 1. The first kappa shape index (κ1) is 15.1. The zero-order valence-electron chi connectivity index (χ0n) is 13.0. The van der Waals surface area contributed by atoms with E-state index in [9.17, 15) is 0 Å². The molecule has 0 aliphatic rings. The SMILES string of the molecule is CC/C=C/C=C/c1cccc(-c2ccc(OC)cc2)c1C. The number of allylic oxidation sites excluding steroid dienone is 3. The minimum Gasteiger partial charge on any atom is -0.497 e. The molecule has 21 heavy (non-hydrogen) atoms. The summed E-state index contributed by atoms with van der Waals surface area (Å²) in [6.07, 6.45) is 9.58. The summed E-state index contributed by atoms with van der Waals surface area (Å²) in [5, 5.41) is 0. The molecule has 108 valence electrons. The number of ether oxygens (including phenoxy) is 1. The molecule has 0 saturated heterocycles. The Balaban J connectivity index is 2.32. The highest BCUT2D eigenvalue weighted by molar-refractivity contribution is 5.73. The van der Waals surface area contributed by atoms with Crippen molar-refractivity contribution < 1.29 is 4.74 Å². The minimum absolute atomic E-state index is 0.886. The Hall–Kier alpha value is -2.28. The van der Waals surface area contributed by atoms with Crippen LogP contribution in [0, 0.1) is 6.92 Å². The van der Waals surface area contributed by atoms with Crippen LogP contribution in [0.3, 0.4) is 0 Å². The molecule has 2 rings (SSSR count). The van der Waals surface area contributed by atoms with Gasteiger partial charge in [0.25, 0.3) is 0 Å². The highest BCUT2D eigenvalue weighted by Gasteiger charge is 2.04. The molecule has 0 atom stereocenters. The molecule has 1 heteroatoms. The molecular weight excluding hydrogens is 256 g/mol. The van der Waals surface area contributed by atoms with Crippen molar-refractivity contribution in [3.8, 4) is 16.9 Å². The lowest BCUT2D eigenvalue weighted by molar-refractivity contribution is 0.415. The Morgan fingerprint density at radius 1 is 1.00 bits per heavy atom. The van der Waals surface area contributed by atoms with Crippen LogP contribution in [0.4, 0.5) is 0 Å². The molecule has 2 aromatic carbocycles. The summed E-state index contributed by atoms with van der Waals surface area (Å²) in [6.45, 7) is 4.31. The lowest BCUT2D eigenvalue weighted by atomic mass is 9.96. The lowest BCUT2D eigenvalue weighted by Crippen LogP contribution is -1.88. The Morgan fingerprint density at radius 3 is 2.43 bits per heavy atom. The van der Waals surface area contributed by atoms with Gasteiger partial charge in [0.15, 0.2) is 0 Å². The molecule has 1 nitrogen and oxygen atoms in total. The zero-order valence-corrected chi connectivity index (χ0v) is 13.0. The first-order valence-corrected chi connectivity index (χ1v) is 7.33. The van der Waals surface area contributed by atoms with Crippen molar-refractivity contribution in [2.24, 2.45) is 0 Å². The molecule has 0 saturated carbocycles. The van der Waals surface area contributed by atoms with Gasteiger partial charge in [0, 0.05) is 0 Å². The van der Waals surface area contributed by atoms with E-state index in [2.05, 4.69) is 68.5 Å². The van der Waals surface area contributed by atoms with Crippen molar-refractivity contribution in [2.75, 3.05) is 7.11 Å². The van der Waals surface area contributed by atoms with Crippen LogP contribution in [0.1, 0.15) is 24.5 Å². The van der Waals surface area contributed by atoms with E-state index in [0.29, 0.717) is 0 Å². The Labute approximate surface area is 127 Å². The fourth-order valence-corrected chi connectivity index (χ4v) is 2.29. The summed E-state index contributed by atoms with van der Waals surface area (Å²) >= 11 is 0. The van der Waals surface area contributed by atoms with E-state index in [4.69, 9.17) is 4.74 Å². The van der Waals surface area contributed by atoms with Crippen LogP contribution < -0.4 is 4.74 Å². The van der Waals surface area contributed by atoms with Gasteiger partial charge in [-0.05, 0) is 47.7 Å². The lowest BCUT2D eigenvalue weighted by Gasteiger charge is -2.10. The molecule has 0 N–H and O–H groups in total. The van der Waals surface area contributed by atoms with Crippen LogP contribution in [0.25, 0.3) is 17.2 Å². The fraction of sp³-hybridized carbons (Fsp3) is 0.200. The van der Waals surface area contributed by atoms with Crippen LogP contribution in [0.5, 0.6) is 5.75 Å². The normalized spacial score (nSPS) is 11.4. The van der Waals surface area contributed by atoms with Crippen LogP contribution in [-0.2, 0) is 0 Å². The predicted molar refractivity (Wildman–Crippen MR) is 91.6 cm³/mol. The molecule has 0 aromatic heterocycles. The summed E-state index contributed by atoms with van der Waals surface area (Å²) in [5.74, 6) is 0.886. The van der Waals surface area contributed by atoms with Crippen LogP contribution in [0.2, 0.25) is 0 Å². The largest absolute Gasteiger partial charge is 0.497 e. The third-order valence-electron chi connectivity index (χ3n) is 3.54. The third kappa shape index (κ3) is 3.85. The van der Waals surface area contributed by atoms with Crippen LogP contribution in [0.15, 0.2) is 60.7 Å². The Kier molecular flexibility index (Phi) is 5.39. The Morgan fingerprint density at radius 2 is 1.76 bits per heavy atom. The van der Waals surface area contributed by atoms with Gasteiger partial charge in [-0.2, -0.15) is 0 Å². The maximum absolute atomic E-state index is 5.22. The monoisotopic (exact) mass is 278 g/mol. The highest BCUT2D eigenvalue weighted by Crippen LogP contribution is 2.27. The molecule has 0 fully saturated rings. The van der Waals surface area contributed by atoms with Gasteiger partial charge in [-0.1, -0.05) is 61.6 Å². The zero-order chi connectivity index (χ0) is 15.1. The smallest absolute Gasteiger partial charge is 0.118 e. The van der Waals surface area contributed by atoms with Crippen molar-refractivity contribution in [3.05, 3.63) is 71.8 Å². The number of rotatable bonds is 5.